The van der Waals surface area contributed by atoms with Crippen molar-refractivity contribution in [3.05, 3.63) is 52.5 Å². The number of nitrogens with one attached hydrogen (secondary N) is 1. The van der Waals surface area contributed by atoms with Crippen LogP contribution in [0.4, 0.5) is 11.4 Å². The van der Waals surface area contributed by atoms with E-state index in [0.717, 1.165) is 16.5 Å². The Balaban J connectivity index is 1.64. The van der Waals surface area contributed by atoms with Gasteiger partial charge in [-0.25, -0.2) is 0 Å². The molecule has 4 rings (SSSR count). The summed E-state index contributed by atoms with van der Waals surface area (Å²) in [5.74, 6) is 0.640. The maximum atomic E-state index is 13.5. The van der Waals surface area contributed by atoms with E-state index in [2.05, 4.69) is 21.2 Å². The molecule has 2 heterocycles. The third-order valence-electron chi connectivity index (χ3n) is 5.98. The second-order valence-electron chi connectivity index (χ2n) is 7.69. The van der Waals surface area contributed by atoms with E-state index in [0.29, 0.717) is 56.1 Å². The van der Waals surface area contributed by atoms with Gasteiger partial charge in [0.1, 0.15) is 5.75 Å². The molecule has 2 fully saturated rings. The van der Waals surface area contributed by atoms with E-state index in [9.17, 15) is 9.59 Å². The van der Waals surface area contributed by atoms with Gasteiger partial charge in [0.25, 0.3) is 0 Å². The molecular formula is C23H25BrN2O4. The number of amides is 2. The number of hydrogen-bond acceptors (Lipinski definition) is 4. The number of methoxy groups -OCH3 is 1. The lowest BCUT2D eigenvalue weighted by atomic mass is 9.73. The number of nitrogens with zero attached hydrogens (tertiary/aromatic N) is 1. The van der Waals surface area contributed by atoms with Gasteiger partial charge in [-0.15, -0.1) is 0 Å². The zero-order chi connectivity index (χ0) is 21.1. The molecule has 7 heteroatoms. The van der Waals surface area contributed by atoms with Crippen LogP contribution in [0.2, 0.25) is 0 Å². The van der Waals surface area contributed by atoms with Gasteiger partial charge >= 0.3 is 0 Å². The van der Waals surface area contributed by atoms with Crippen LogP contribution in [-0.2, 0) is 19.7 Å². The predicted octanol–water partition coefficient (Wildman–Crippen LogP) is 4.27. The summed E-state index contributed by atoms with van der Waals surface area (Å²) in [4.78, 5) is 27.5. The molecule has 2 saturated heterocycles. The van der Waals surface area contributed by atoms with Gasteiger partial charge in [-0.05, 0) is 55.2 Å². The Labute approximate surface area is 184 Å². The van der Waals surface area contributed by atoms with Crippen LogP contribution in [0.25, 0.3) is 0 Å². The van der Waals surface area contributed by atoms with Gasteiger partial charge in [-0.2, -0.15) is 0 Å². The quantitative estimate of drug-likeness (QED) is 0.705. The Bertz CT molecular complexity index is 939. The van der Waals surface area contributed by atoms with Crippen LogP contribution in [0.1, 0.15) is 31.2 Å². The number of carbonyl (C=O) groups is 2. The third-order valence-corrected chi connectivity index (χ3v) is 6.51. The highest BCUT2D eigenvalue weighted by atomic mass is 79.9. The van der Waals surface area contributed by atoms with Crippen LogP contribution < -0.4 is 15.0 Å². The molecule has 0 radical (unpaired) electrons. The SMILES string of the molecule is COc1ccc(NC(=O)C2(c3ccc(Br)cc3)CCOCC2)cc1N1CCCC1=O. The summed E-state index contributed by atoms with van der Waals surface area (Å²) in [5, 5.41) is 3.10. The van der Waals surface area contributed by atoms with Crippen LogP contribution in [0.15, 0.2) is 46.9 Å². The molecule has 2 aliphatic rings. The van der Waals surface area contributed by atoms with E-state index in [4.69, 9.17) is 9.47 Å². The highest BCUT2D eigenvalue weighted by molar-refractivity contribution is 9.10. The molecule has 0 unspecified atom stereocenters. The maximum Gasteiger partial charge on any atom is 0.235 e. The van der Waals surface area contributed by atoms with Gasteiger partial charge in [0.15, 0.2) is 0 Å². The van der Waals surface area contributed by atoms with Crippen LogP contribution >= 0.6 is 15.9 Å². The highest BCUT2D eigenvalue weighted by Crippen LogP contribution is 2.38. The standard InChI is InChI=1S/C23H25BrN2O4/c1-29-20-9-8-18(15-19(20)26-12-2-3-21(26)27)25-22(28)23(10-13-30-14-11-23)16-4-6-17(24)7-5-16/h4-9,15H,2-3,10-14H2,1H3,(H,25,28). The van der Waals surface area contributed by atoms with Crippen molar-refractivity contribution in [1.29, 1.82) is 0 Å². The molecule has 158 valence electrons. The second kappa shape index (κ2) is 8.78. The second-order valence-corrected chi connectivity index (χ2v) is 8.61. The lowest BCUT2D eigenvalue weighted by Crippen LogP contribution is -2.44. The Morgan fingerprint density at radius 3 is 2.53 bits per heavy atom. The van der Waals surface area contributed by atoms with E-state index >= 15 is 0 Å². The molecule has 0 aromatic heterocycles. The zero-order valence-corrected chi connectivity index (χ0v) is 18.5. The largest absolute Gasteiger partial charge is 0.495 e. The van der Waals surface area contributed by atoms with Crippen molar-refractivity contribution < 1.29 is 19.1 Å². The van der Waals surface area contributed by atoms with Crippen molar-refractivity contribution in [3.8, 4) is 5.75 Å². The van der Waals surface area contributed by atoms with E-state index in [1.807, 2.05) is 36.4 Å². The van der Waals surface area contributed by atoms with Crippen LogP contribution in [0.5, 0.6) is 5.75 Å². The first kappa shape index (κ1) is 20.9. The van der Waals surface area contributed by atoms with Gasteiger partial charge in [-0.1, -0.05) is 28.1 Å². The molecule has 0 atom stereocenters. The first-order chi connectivity index (χ1) is 14.5. The average molecular weight is 473 g/mol. The molecule has 0 saturated carbocycles. The van der Waals surface area contributed by atoms with E-state index < -0.39 is 5.41 Å². The third kappa shape index (κ3) is 3.96. The maximum absolute atomic E-state index is 13.5. The first-order valence-electron chi connectivity index (χ1n) is 10.2. The molecule has 30 heavy (non-hydrogen) atoms. The Morgan fingerprint density at radius 1 is 1.17 bits per heavy atom. The van der Waals surface area contributed by atoms with Crippen molar-refractivity contribution >= 4 is 39.1 Å². The minimum absolute atomic E-state index is 0.0583. The molecule has 2 amide bonds. The summed E-state index contributed by atoms with van der Waals surface area (Å²) in [6, 6.07) is 13.4. The van der Waals surface area contributed by atoms with Gasteiger partial charge in [0.05, 0.1) is 18.2 Å². The lowest BCUT2D eigenvalue weighted by molar-refractivity contribution is -0.125. The van der Waals surface area contributed by atoms with Crippen molar-refractivity contribution in [2.24, 2.45) is 0 Å². The fraction of sp³-hybridized carbons (Fsp3) is 0.391. The summed E-state index contributed by atoms with van der Waals surface area (Å²) < 4.78 is 12.0. The summed E-state index contributed by atoms with van der Waals surface area (Å²) in [7, 11) is 1.59. The molecule has 2 aliphatic heterocycles. The molecule has 1 N–H and O–H groups in total. The van der Waals surface area contributed by atoms with Gasteiger partial charge < -0.3 is 19.7 Å². The monoisotopic (exact) mass is 472 g/mol. The molecule has 6 nitrogen and oxygen atoms in total. The molecular weight excluding hydrogens is 448 g/mol. The average Bonchev–Trinajstić information content (AvgIpc) is 3.20. The molecule has 2 aromatic rings. The Morgan fingerprint density at radius 2 is 1.90 bits per heavy atom. The minimum Gasteiger partial charge on any atom is -0.495 e. The number of anilines is 2. The number of carbonyl (C=O) groups excluding carboxylic acids is 2. The summed E-state index contributed by atoms with van der Waals surface area (Å²) in [6.07, 6.45) is 2.60. The Hall–Kier alpha value is -2.38. The first-order valence-corrected chi connectivity index (χ1v) is 11.0. The highest BCUT2D eigenvalue weighted by Gasteiger charge is 2.41. The molecule has 0 spiro atoms. The number of hydrogen-bond donors (Lipinski definition) is 1. The van der Waals surface area contributed by atoms with Crippen LogP contribution in [-0.4, -0.2) is 38.7 Å². The van der Waals surface area contributed by atoms with E-state index in [-0.39, 0.29) is 11.8 Å². The smallest absolute Gasteiger partial charge is 0.235 e. The van der Waals surface area contributed by atoms with E-state index in [1.54, 1.807) is 18.1 Å². The lowest BCUT2D eigenvalue weighted by Gasteiger charge is -2.36. The van der Waals surface area contributed by atoms with Crippen molar-refractivity contribution in [2.45, 2.75) is 31.1 Å². The van der Waals surface area contributed by atoms with Crippen molar-refractivity contribution in [3.63, 3.8) is 0 Å². The normalized spacial score (nSPS) is 18.3. The Kier molecular flexibility index (Phi) is 6.11. The molecule has 2 aromatic carbocycles. The summed E-state index contributed by atoms with van der Waals surface area (Å²) >= 11 is 3.47. The predicted molar refractivity (Wildman–Crippen MR) is 119 cm³/mol. The summed E-state index contributed by atoms with van der Waals surface area (Å²) in [6.45, 7) is 1.74. The topological polar surface area (TPSA) is 67.9 Å². The van der Waals surface area contributed by atoms with E-state index in [1.165, 1.54) is 0 Å². The fourth-order valence-corrected chi connectivity index (χ4v) is 4.53. The number of halogens is 1. The number of ether oxygens (including phenoxy) is 2. The van der Waals surface area contributed by atoms with Gasteiger partial charge in [-0.3, -0.25) is 9.59 Å². The van der Waals surface area contributed by atoms with Crippen LogP contribution in [0, 0.1) is 0 Å². The zero-order valence-electron chi connectivity index (χ0n) is 16.9. The minimum atomic E-state index is -0.650. The van der Waals surface area contributed by atoms with Gasteiger partial charge in [0.2, 0.25) is 11.8 Å². The number of benzene rings is 2. The van der Waals surface area contributed by atoms with Crippen molar-refractivity contribution in [2.75, 3.05) is 37.1 Å². The van der Waals surface area contributed by atoms with Crippen LogP contribution in [0.3, 0.4) is 0 Å². The summed E-state index contributed by atoms with van der Waals surface area (Å²) in [5.41, 5.74) is 1.68. The molecule has 0 aliphatic carbocycles. The number of rotatable bonds is 5. The van der Waals surface area contributed by atoms with Crippen molar-refractivity contribution in [1.82, 2.24) is 0 Å². The molecule has 0 bridgehead atoms. The fourth-order valence-electron chi connectivity index (χ4n) is 4.27. The van der Waals surface area contributed by atoms with Gasteiger partial charge in [0, 0.05) is 36.3 Å².